The van der Waals surface area contributed by atoms with Gasteiger partial charge in [0.2, 0.25) is 5.91 Å². The number of nitrogens with one attached hydrogen (secondary N) is 1. The van der Waals surface area contributed by atoms with Gasteiger partial charge in [0.05, 0.1) is 6.61 Å². The fourth-order valence-corrected chi connectivity index (χ4v) is 2.64. The summed E-state index contributed by atoms with van der Waals surface area (Å²) in [6, 6.07) is 0. The molecule has 0 aromatic rings. The van der Waals surface area contributed by atoms with Crippen molar-refractivity contribution in [1.29, 1.82) is 0 Å². The summed E-state index contributed by atoms with van der Waals surface area (Å²) in [6.45, 7) is 1.14. The summed E-state index contributed by atoms with van der Waals surface area (Å²) >= 11 is 0. The molecule has 5 nitrogen and oxygen atoms in total. The molecule has 0 radical (unpaired) electrons. The summed E-state index contributed by atoms with van der Waals surface area (Å²) < 4.78 is 5.12. The van der Waals surface area contributed by atoms with Gasteiger partial charge < -0.3 is 20.9 Å². The molecule has 4 N–H and O–H groups in total. The quantitative estimate of drug-likeness (QED) is 0.643. The standard InChI is InChI=1S/C12H22N2O3/c13-11(3-1-2-4-11)7-10(15)14-8-12(16)5-6-17-9-12/h16H,1-9,13H2,(H,14,15). The second-order valence-corrected chi connectivity index (χ2v) is 5.55. The van der Waals surface area contributed by atoms with Crippen molar-refractivity contribution < 1.29 is 14.6 Å². The fraction of sp³-hybridized carbons (Fsp3) is 0.917. The first-order valence-corrected chi connectivity index (χ1v) is 6.37. The molecule has 98 valence electrons. The molecule has 1 unspecified atom stereocenters. The van der Waals surface area contributed by atoms with Gasteiger partial charge in [0, 0.05) is 31.5 Å². The van der Waals surface area contributed by atoms with Crippen molar-refractivity contribution in [3.63, 3.8) is 0 Å². The van der Waals surface area contributed by atoms with Crippen molar-refractivity contribution in [3.05, 3.63) is 0 Å². The first kappa shape index (κ1) is 12.8. The monoisotopic (exact) mass is 242 g/mol. The molecule has 1 aliphatic heterocycles. The molecule has 5 heteroatoms. The largest absolute Gasteiger partial charge is 0.386 e. The van der Waals surface area contributed by atoms with Crippen LogP contribution in [0.3, 0.4) is 0 Å². The Morgan fingerprint density at radius 1 is 1.35 bits per heavy atom. The Morgan fingerprint density at radius 3 is 2.65 bits per heavy atom. The molecule has 1 heterocycles. The van der Waals surface area contributed by atoms with Crippen molar-refractivity contribution >= 4 is 5.91 Å². The van der Waals surface area contributed by atoms with Gasteiger partial charge in [-0.15, -0.1) is 0 Å². The molecule has 2 rings (SSSR count). The van der Waals surface area contributed by atoms with Gasteiger partial charge in [-0.25, -0.2) is 0 Å². The molecule has 1 saturated carbocycles. The average Bonchev–Trinajstić information content (AvgIpc) is 2.86. The SMILES string of the molecule is NC1(CC(=O)NCC2(O)CCOC2)CCCC1. The number of aliphatic hydroxyl groups is 1. The molecular formula is C12H22N2O3. The van der Waals surface area contributed by atoms with E-state index in [-0.39, 0.29) is 18.0 Å². The highest BCUT2D eigenvalue weighted by Crippen LogP contribution is 2.29. The molecule has 0 bridgehead atoms. The minimum atomic E-state index is -0.882. The smallest absolute Gasteiger partial charge is 0.221 e. The second kappa shape index (κ2) is 4.92. The molecule has 2 fully saturated rings. The third-order valence-corrected chi connectivity index (χ3v) is 3.81. The third-order valence-electron chi connectivity index (χ3n) is 3.81. The Kier molecular flexibility index (Phi) is 3.70. The van der Waals surface area contributed by atoms with E-state index in [1.165, 1.54) is 0 Å². The van der Waals surface area contributed by atoms with Crippen LogP contribution >= 0.6 is 0 Å². The Labute approximate surface area is 102 Å². The van der Waals surface area contributed by atoms with Gasteiger partial charge in [-0.05, 0) is 12.8 Å². The van der Waals surface area contributed by atoms with Gasteiger partial charge in [0.1, 0.15) is 5.60 Å². The van der Waals surface area contributed by atoms with Crippen molar-refractivity contribution in [1.82, 2.24) is 5.32 Å². The Hall–Kier alpha value is -0.650. The molecule has 17 heavy (non-hydrogen) atoms. The summed E-state index contributed by atoms with van der Waals surface area (Å²) in [5, 5.41) is 12.8. The van der Waals surface area contributed by atoms with Crippen LogP contribution in [0.25, 0.3) is 0 Å². The number of amides is 1. The van der Waals surface area contributed by atoms with Crippen molar-refractivity contribution in [2.24, 2.45) is 5.73 Å². The van der Waals surface area contributed by atoms with Crippen LogP contribution in [0.2, 0.25) is 0 Å². The zero-order chi connectivity index (χ0) is 12.4. The highest BCUT2D eigenvalue weighted by atomic mass is 16.5. The lowest BCUT2D eigenvalue weighted by molar-refractivity contribution is -0.123. The number of carbonyl (C=O) groups excluding carboxylic acids is 1. The lowest BCUT2D eigenvalue weighted by Gasteiger charge is -2.25. The zero-order valence-electron chi connectivity index (χ0n) is 10.2. The van der Waals surface area contributed by atoms with Gasteiger partial charge >= 0.3 is 0 Å². The van der Waals surface area contributed by atoms with Gasteiger partial charge in [-0.2, -0.15) is 0 Å². The summed E-state index contributed by atoms with van der Waals surface area (Å²) in [5.41, 5.74) is 4.93. The first-order valence-electron chi connectivity index (χ1n) is 6.37. The van der Waals surface area contributed by atoms with E-state index in [0.717, 1.165) is 25.7 Å². The topological polar surface area (TPSA) is 84.6 Å². The van der Waals surface area contributed by atoms with E-state index in [9.17, 15) is 9.90 Å². The van der Waals surface area contributed by atoms with Crippen molar-refractivity contribution in [3.8, 4) is 0 Å². The maximum Gasteiger partial charge on any atom is 0.221 e. The predicted molar refractivity (Wildman–Crippen MR) is 63.4 cm³/mol. The van der Waals surface area contributed by atoms with Gasteiger partial charge in [0.15, 0.2) is 0 Å². The number of rotatable bonds is 4. The van der Waals surface area contributed by atoms with Crippen molar-refractivity contribution in [2.75, 3.05) is 19.8 Å². The highest BCUT2D eigenvalue weighted by Gasteiger charge is 2.35. The van der Waals surface area contributed by atoms with Crippen LogP contribution in [-0.2, 0) is 9.53 Å². The minimum Gasteiger partial charge on any atom is -0.386 e. The summed E-state index contributed by atoms with van der Waals surface area (Å²) in [5.74, 6) is -0.0604. The molecule has 0 aromatic carbocycles. The second-order valence-electron chi connectivity index (χ2n) is 5.55. The zero-order valence-corrected chi connectivity index (χ0v) is 10.2. The van der Waals surface area contributed by atoms with E-state index in [1.807, 2.05) is 0 Å². The Bertz CT molecular complexity index is 281. The number of hydrogen-bond acceptors (Lipinski definition) is 4. The normalized spacial score (nSPS) is 31.6. The average molecular weight is 242 g/mol. The van der Waals surface area contributed by atoms with E-state index >= 15 is 0 Å². The lowest BCUT2D eigenvalue weighted by Crippen LogP contribution is -2.47. The first-order chi connectivity index (χ1) is 8.02. The molecule has 1 saturated heterocycles. The van der Waals surface area contributed by atoms with Crippen LogP contribution in [0, 0.1) is 0 Å². The van der Waals surface area contributed by atoms with E-state index < -0.39 is 5.60 Å². The maximum absolute atomic E-state index is 11.8. The minimum absolute atomic E-state index is 0.0604. The summed E-state index contributed by atoms with van der Waals surface area (Å²) in [4.78, 5) is 11.8. The lowest BCUT2D eigenvalue weighted by atomic mass is 9.94. The van der Waals surface area contributed by atoms with Gasteiger partial charge in [-0.1, -0.05) is 12.8 Å². The third kappa shape index (κ3) is 3.40. The molecule has 1 amide bonds. The van der Waals surface area contributed by atoms with Gasteiger partial charge in [0.25, 0.3) is 0 Å². The molecule has 1 atom stereocenters. The highest BCUT2D eigenvalue weighted by molar-refractivity contribution is 5.77. The van der Waals surface area contributed by atoms with E-state index in [4.69, 9.17) is 10.5 Å². The van der Waals surface area contributed by atoms with Crippen LogP contribution in [0.5, 0.6) is 0 Å². The molecule has 1 aliphatic carbocycles. The Morgan fingerprint density at radius 2 is 2.06 bits per heavy atom. The molecule has 2 aliphatic rings. The van der Waals surface area contributed by atoms with E-state index in [0.29, 0.717) is 26.1 Å². The maximum atomic E-state index is 11.8. The Balaban J connectivity index is 1.74. The number of carbonyl (C=O) groups is 1. The number of nitrogens with two attached hydrogens (primary N) is 1. The van der Waals surface area contributed by atoms with Crippen LogP contribution in [0.15, 0.2) is 0 Å². The van der Waals surface area contributed by atoms with Crippen LogP contribution in [0.4, 0.5) is 0 Å². The molecular weight excluding hydrogens is 220 g/mol. The fourth-order valence-electron chi connectivity index (χ4n) is 2.64. The van der Waals surface area contributed by atoms with Crippen LogP contribution in [-0.4, -0.2) is 41.9 Å². The molecule has 0 spiro atoms. The van der Waals surface area contributed by atoms with E-state index in [2.05, 4.69) is 5.32 Å². The summed E-state index contributed by atoms with van der Waals surface area (Å²) in [7, 11) is 0. The molecule has 0 aromatic heterocycles. The van der Waals surface area contributed by atoms with E-state index in [1.54, 1.807) is 0 Å². The van der Waals surface area contributed by atoms with Crippen LogP contribution in [0.1, 0.15) is 38.5 Å². The number of ether oxygens (including phenoxy) is 1. The van der Waals surface area contributed by atoms with Crippen LogP contribution < -0.4 is 11.1 Å². The number of hydrogen-bond donors (Lipinski definition) is 3. The predicted octanol–water partition coefficient (Wildman–Crippen LogP) is -0.0844. The van der Waals surface area contributed by atoms with Crippen molar-refractivity contribution in [2.45, 2.75) is 49.7 Å². The van der Waals surface area contributed by atoms with Gasteiger partial charge in [-0.3, -0.25) is 4.79 Å². The summed E-state index contributed by atoms with van der Waals surface area (Å²) in [6.07, 6.45) is 5.02.